The van der Waals surface area contributed by atoms with Crippen LogP contribution in [0.2, 0.25) is 0 Å². The minimum Gasteiger partial charge on any atom is -0.494 e. The summed E-state index contributed by atoms with van der Waals surface area (Å²) in [7, 11) is 3.53. The molecule has 0 saturated carbocycles. The highest BCUT2D eigenvalue weighted by Gasteiger charge is 2.28. The highest BCUT2D eigenvalue weighted by molar-refractivity contribution is 9.10. The molecule has 48 heavy (non-hydrogen) atoms. The fraction of sp³-hybridized carbons (Fsp3) is 0.444. The molecular weight excluding hydrogens is 685 g/mol. The molecule has 4 aromatic rings. The topological polar surface area (TPSA) is 94.6 Å². The predicted molar refractivity (Wildman–Crippen MR) is 204 cm³/mol. The third kappa shape index (κ3) is 7.91. The Kier molecular flexibility index (Phi) is 11.1. The smallest absolute Gasteiger partial charge is 0.229 e. The summed E-state index contributed by atoms with van der Waals surface area (Å²) in [5.41, 5.74) is 7.22. The van der Waals surface area contributed by atoms with E-state index in [2.05, 4.69) is 114 Å². The number of hydrogen-bond donors (Lipinski definition) is 2. The Bertz CT molecular complexity index is 1700. The van der Waals surface area contributed by atoms with Crippen molar-refractivity contribution >= 4 is 58.0 Å². The van der Waals surface area contributed by atoms with E-state index >= 15 is 0 Å². The summed E-state index contributed by atoms with van der Waals surface area (Å²) < 4.78 is 6.71. The van der Waals surface area contributed by atoms with E-state index in [0.717, 1.165) is 58.1 Å². The monoisotopic (exact) mass is 731 g/mol. The zero-order valence-electron chi connectivity index (χ0n) is 28.9. The van der Waals surface area contributed by atoms with Crippen LogP contribution in [0.1, 0.15) is 31.0 Å². The second-order valence-electron chi connectivity index (χ2n) is 12.9. The summed E-state index contributed by atoms with van der Waals surface area (Å²) in [5, 5.41) is 8.25. The number of halogens is 1. The number of piperidine rings is 1. The Labute approximate surface area is 294 Å². The number of ether oxygens (including phenoxy) is 1. The maximum Gasteiger partial charge on any atom is 0.229 e. The van der Waals surface area contributed by atoms with Gasteiger partial charge in [-0.1, -0.05) is 20.9 Å². The Balaban J connectivity index is 1.19. The van der Waals surface area contributed by atoms with Gasteiger partial charge in [0, 0.05) is 80.7 Å². The fourth-order valence-electron chi connectivity index (χ4n) is 6.59. The van der Waals surface area contributed by atoms with Gasteiger partial charge in [0.2, 0.25) is 5.95 Å². The van der Waals surface area contributed by atoms with E-state index < -0.39 is 7.92 Å². The van der Waals surface area contributed by atoms with Crippen molar-refractivity contribution in [2.24, 2.45) is 0 Å². The van der Waals surface area contributed by atoms with Gasteiger partial charge in [-0.05, 0) is 91.6 Å². The van der Waals surface area contributed by atoms with Crippen LogP contribution in [-0.2, 0) is 6.42 Å². The van der Waals surface area contributed by atoms with Crippen molar-refractivity contribution < 1.29 is 4.74 Å². The number of nitrogens with zero attached hydrogens (tertiary/aromatic N) is 7. The highest BCUT2D eigenvalue weighted by atomic mass is 79.9. The fourth-order valence-corrected chi connectivity index (χ4v) is 7.89. The first-order chi connectivity index (χ1) is 23.2. The zero-order chi connectivity index (χ0) is 33.8. The van der Waals surface area contributed by atoms with Crippen molar-refractivity contribution in [3.05, 3.63) is 64.7 Å². The van der Waals surface area contributed by atoms with Gasteiger partial charge >= 0.3 is 0 Å². The van der Waals surface area contributed by atoms with E-state index in [1.807, 2.05) is 13.1 Å². The molecule has 0 amide bonds. The number of hydrogen-bond acceptors (Lipinski definition) is 10. The zero-order valence-corrected chi connectivity index (χ0v) is 31.4. The highest BCUT2D eigenvalue weighted by Crippen LogP contribution is 2.38. The van der Waals surface area contributed by atoms with Gasteiger partial charge < -0.3 is 25.2 Å². The van der Waals surface area contributed by atoms with Gasteiger partial charge in [-0.2, -0.15) is 4.98 Å². The molecule has 0 bridgehead atoms. The van der Waals surface area contributed by atoms with E-state index in [9.17, 15) is 0 Å². The molecule has 254 valence electrons. The SMILES string of the molecule is CCc1cc(Nc2ncc(Br)c(Nc3ccc(-c4cnc(C)cn4)cc3P(C)C)n2)c(OC)cc1N1CCC(N2CCN(C)CC2)CC1. The van der Waals surface area contributed by atoms with Gasteiger partial charge in [-0.15, -0.1) is 0 Å². The van der Waals surface area contributed by atoms with E-state index in [4.69, 9.17) is 9.72 Å². The first-order valence-corrected chi connectivity index (χ1v) is 19.8. The van der Waals surface area contributed by atoms with Gasteiger partial charge in [0.1, 0.15) is 11.6 Å². The Morgan fingerprint density at radius 3 is 2.35 bits per heavy atom. The lowest BCUT2D eigenvalue weighted by atomic mass is 9.99. The number of nitrogens with one attached hydrogen (secondary N) is 2. The van der Waals surface area contributed by atoms with Crippen LogP contribution in [0.15, 0.2) is 53.4 Å². The molecule has 2 aliphatic rings. The second kappa shape index (κ2) is 15.5. The van der Waals surface area contributed by atoms with Crippen LogP contribution < -0.4 is 25.6 Å². The molecule has 6 rings (SSSR count). The predicted octanol–water partition coefficient (Wildman–Crippen LogP) is 6.65. The summed E-state index contributed by atoms with van der Waals surface area (Å²) in [6.45, 7) is 15.5. The molecule has 2 aromatic carbocycles. The van der Waals surface area contributed by atoms with E-state index in [1.165, 1.54) is 55.6 Å². The van der Waals surface area contributed by atoms with Crippen LogP contribution in [0.4, 0.5) is 28.8 Å². The molecule has 2 aromatic heterocycles. The minimum absolute atomic E-state index is 0.421. The maximum absolute atomic E-state index is 5.93. The molecule has 4 heterocycles. The van der Waals surface area contributed by atoms with Gasteiger partial charge in [-0.3, -0.25) is 14.9 Å². The molecule has 0 unspecified atom stereocenters. The molecule has 2 fully saturated rings. The molecule has 0 atom stereocenters. The maximum atomic E-state index is 5.93. The molecule has 10 nitrogen and oxygen atoms in total. The number of anilines is 5. The average molecular weight is 733 g/mol. The third-order valence-electron chi connectivity index (χ3n) is 9.44. The standard InChI is InChI=1S/C36H47BrN9OP/c1-7-25-18-30(33(47-4)20-32(25)46-12-10-27(11-13-46)45-16-14-44(3)15-17-45)42-36-40-22-28(37)35(43-36)41-29-9-8-26(19-34(29)48(5)6)31-23-38-24(2)21-39-31/h8-9,18-23,27H,7,10-17H2,1-6H3,(H2,40,41,42,43). The number of aryl methyl sites for hydroxylation is 2. The second-order valence-corrected chi connectivity index (χ2v) is 16.0. The summed E-state index contributed by atoms with van der Waals surface area (Å²) in [4.78, 5) is 26.2. The quantitative estimate of drug-likeness (QED) is 0.173. The van der Waals surface area contributed by atoms with Gasteiger partial charge in [0.05, 0.1) is 34.9 Å². The number of aromatic nitrogens is 4. The van der Waals surface area contributed by atoms with Crippen LogP contribution >= 0.6 is 23.9 Å². The van der Waals surface area contributed by atoms with Crippen LogP contribution in [0, 0.1) is 6.92 Å². The number of likely N-dealkylation sites (N-methyl/N-ethyl adjacent to an activating group) is 1. The number of methoxy groups -OCH3 is 1. The Morgan fingerprint density at radius 1 is 0.917 bits per heavy atom. The largest absolute Gasteiger partial charge is 0.494 e. The minimum atomic E-state index is -0.421. The van der Waals surface area contributed by atoms with Crippen molar-refractivity contribution in [1.29, 1.82) is 0 Å². The lowest BCUT2D eigenvalue weighted by Crippen LogP contribution is -2.52. The summed E-state index contributed by atoms with van der Waals surface area (Å²) in [6, 6.07) is 11.4. The Morgan fingerprint density at radius 2 is 1.69 bits per heavy atom. The molecule has 0 radical (unpaired) electrons. The van der Waals surface area contributed by atoms with Gasteiger partial charge in [-0.25, -0.2) is 4.98 Å². The number of rotatable bonds is 10. The normalized spacial score (nSPS) is 16.4. The first-order valence-electron chi connectivity index (χ1n) is 16.8. The van der Waals surface area contributed by atoms with Crippen molar-refractivity contribution in [3.8, 4) is 17.0 Å². The van der Waals surface area contributed by atoms with Crippen molar-refractivity contribution in [1.82, 2.24) is 29.7 Å². The molecule has 2 N–H and O–H groups in total. The van der Waals surface area contributed by atoms with Crippen LogP contribution in [0.25, 0.3) is 11.3 Å². The van der Waals surface area contributed by atoms with E-state index in [1.54, 1.807) is 19.5 Å². The third-order valence-corrected chi connectivity index (χ3v) is 11.4. The molecule has 12 heteroatoms. The van der Waals surface area contributed by atoms with Gasteiger partial charge in [0.15, 0.2) is 0 Å². The summed E-state index contributed by atoms with van der Waals surface area (Å²) >= 11 is 3.67. The number of piperazine rings is 1. The summed E-state index contributed by atoms with van der Waals surface area (Å²) in [6.07, 6.45) is 8.72. The molecular formula is C36H47BrN9OP. The molecule has 2 saturated heterocycles. The molecule has 2 aliphatic heterocycles. The number of benzene rings is 2. The first kappa shape index (κ1) is 34.5. The van der Waals surface area contributed by atoms with Crippen LogP contribution in [0.3, 0.4) is 0 Å². The Hall–Kier alpha value is -3.37. The lowest BCUT2D eigenvalue weighted by Gasteiger charge is -2.43. The lowest BCUT2D eigenvalue weighted by molar-refractivity contribution is 0.0982. The van der Waals surface area contributed by atoms with Crippen LogP contribution in [0.5, 0.6) is 5.75 Å². The van der Waals surface area contributed by atoms with Crippen molar-refractivity contribution in [3.63, 3.8) is 0 Å². The van der Waals surface area contributed by atoms with E-state index in [0.29, 0.717) is 17.8 Å². The van der Waals surface area contributed by atoms with Crippen LogP contribution in [-0.4, -0.2) is 103 Å². The van der Waals surface area contributed by atoms with Gasteiger partial charge in [0.25, 0.3) is 0 Å². The van der Waals surface area contributed by atoms with E-state index in [-0.39, 0.29) is 0 Å². The summed E-state index contributed by atoms with van der Waals surface area (Å²) in [5.74, 6) is 1.96. The molecule has 0 aliphatic carbocycles. The van der Waals surface area contributed by atoms with Crippen molar-refractivity contribution in [2.75, 3.05) is 82.3 Å². The van der Waals surface area contributed by atoms with Crippen molar-refractivity contribution in [2.45, 2.75) is 39.2 Å². The average Bonchev–Trinajstić information content (AvgIpc) is 3.10. The molecule has 0 spiro atoms.